The van der Waals surface area contributed by atoms with Crippen LogP contribution >= 0.6 is 0 Å². The van der Waals surface area contributed by atoms with Gasteiger partial charge in [0.25, 0.3) is 0 Å². The van der Waals surface area contributed by atoms with Crippen molar-refractivity contribution >= 4 is 11.4 Å². The molecule has 1 aliphatic rings. The highest BCUT2D eigenvalue weighted by Gasteiger charge is 2.16. The van der Waals surface area contributed by atoms with Gasteiger partial charge in [-0.25, -0.2) is 0 Å². The van der Waals surface area contributed by atoms with Crippen LogP contribution in [0.15, 0.2) is 18.2 Å². The standard InChI is InChI=1S/C14H19N3O/c1-17(10-11-4-6-18-7-5-11)13-2-3-14(16)12(8-13)9-15/h2-3,8,11H,4-7,10,16H2,1H3. The average Bonchev–Trinajstić information content (AvgIpc) is 2.40. The molecule has 0 amide bonds. The lowest BCUT2D eigenvalue weighted by Crippen LogP contribution is -2.29. The van der Waals surface area contributed by atoms with E-state index in [0.717, 1.165) is 38.3 Å². The summed E-state index contributed by atoms with van der Waals surface area (Å²) in [5, 5.41) is 8.98. The fraction of sp³-hybridized carbons (Fsp3) is 0.500. The fourth-order valence-electron chi connectivity index (χ4n) is 2.30. The largest absolute Gasteiger partial charge is 0.398 e. The van der Waals surface area contributed by atoms with Crippen molar-refractivity contribution < 1.29 is 4.74 Å². The highest BCUT2D eigenvalue weighted by atomic mass is 16.5. The molecule has 1 heterocycles. The highest BCUT2D eigenvalue weighted by Crippen LogP contribution is 2.23. The zero-order valence-corrected chi connectivity index (χ0v) is 10.7. The third kappa shape index (κ3) is 2.93. The SMILES string of the molecule is CN(CC1CCOCC1)c1ccc(N)c(C#N)c1. The lowest BCUT2D eigenvalue weighted by Gasteiger charge is -2.28. The molecule has 1 fully saturated rings. The summed E-state index contributed by atoms with van der Waals surface area (Å²) in [4.78, 5) is 2.19. The molecule has 18 heavy (non-hydrogen) atoms. The van der Waals surface area contributed by atoms with E-state index in [1.807, 2.05) is 12.1 Å². The molecule has 1 aliphatic heterocycles. The first kappa shape index (κ1) is 12.7. The zero-order valence-electron chi connectivity index (χ0n) is 10.7. The van der Waals surface area contributed by atoms with Crippen LogP contribution in [0.4, 0.5) is 11.4 Å². The van der Waals surface area contributed by atoms with Gasteiger partial charge < -0.3 is 15.4 Å². The van der Waals surface area contributed by atoms with E-state index in [1.165, 1.54) is 0 Å². The van der Waals surface area contributed by atoms with Gasteiger partial charge in [-0.1, -0.05) is 0 Å². The summed E-state index contributed by atoms with van der Waals surface area (Å²) >= 11 is 0. The molecule has 0 aliphatic carbocycles. The number of nitrogens with zero attached hydrogens (tertiary/aromatic N) is 2. The second-order valence-electron chi connectivity index (χ2n) is 4.82. The van der Waals surface area contributed by atoms with E-state index in [1.54, 1.807) is 6.07 Å². The molecule has 0 spiro atoms. The molecule has 0 saturated carbocycles. The lowest BCUT2D eigenvalue weighted by atomic mass is 9.99. The Balaban J connectivity index is 2.04. The molecule has 1 aromatic rings. The molecule has 0 radical (unpaired) electrons. The third-order valence-corrected chi connectivity index (χ3v) is 3.47. The number of benzene rings is 1. The maximum atomic E-state index is 8.98. The normalized spacial score (nSPS) is 16.2. The van der Waals surface area contributed by atoms with E-state index in [0.29, 0.717) is 17.2 Å². The van der Waals surface area contributed by atoms with Crippen molar-refractivity contribution in [2.75, 3.05) is 37.4 Å². The number of anilines is 2. The predicted molar refractivity (Wildman–Crippen MR) is 72.4 cm³/mol. The van der Waals surface area contributed by atoms with Crippen LogP contribution in [-0.4, -0.2) is 26.8 Å². The van der Waals surface area contributed by atoms with E-state index in [4.69, 9.17) is 15.7 Å². The van der Waals surface area contributed by atoms with E-state index in [-0.39, 0.29) is 0 Å². The Morgan fingerprint density at radius 1 is 1.44 bits per heavy atom. The van der Waals surface area contributed by atoms with E-state index >= 15 is 0 Å². The van der Waals surface area contributed by atoms with Crippen molar-refractivity contribution in [3.63, 3.8) is 0 Å². The summed E-state index contributed by atoms with van der Waals surface area (Å²) < 4.78 is 5.36. The molecule has 0 atom stereocenters. The molecule has 1 saturated heterocycles. The lowest BCUT2D eigenvalue weighted by molar-refractivity contribution is 0.0685. The summed E-state index contributed by atoms with van der Waals surface area (Å²) in [6.07, 6.45) is 2.23. The number of nitriles is 1. The van der Waals surface area contributed by atoms with Crippen molar-refractivity contribution in [1.82, 2.24) is 0 Å². The monoisotopic (exact) mass is 245 g/mol. The summed E-state index contributed by atoms with van der Waals surface area (Å²) in [6.45, 7) is 2.73. The highest BCUT2D eigenvalue weighted by molar-refractivity contribution is 5.62. The van der Waals surface area contributed by atoms with Gasteiger partial charge in [0.1, 0.15) is 6.07 Å². The summed E-state index contributed by atoms with van der Waals surface area (Å²) in [7, 11) is 2.06. The van der Waals surface area contributed by atoms with Crippen LogP contribution in [0.3, 0.4) is 0 Å². The van der Waals surface area contributed by atoms with Gasteiger partial charge in [0.2, 0.25) is 0 Å². The van der Waals surface area contributed by atoms with Gasteiger partial charge in [-0.3, -0.25) is 0 Å². The van der Waals surface area contributed by atoms with Crippen LogP contribution < -0.4 is 10.6 Å². The van der Waals surface area contributed by atoms with Crippen molar-refractivity contribution in [1.29, 1.82) is 5.26 Å². The molecule has 0 unspecified atom stereocenters. The maximum absolute atomic E-state index is 8.98. The first-order chi connectivity index (χ1) is 8.70. The Morgan fingerprint density at radius 2 is 2.17 bits per heavy atom. The number of ether oxygens (including phenoxy) is 1. The molecule has 4 heteroatoms. The summed E-state index contributed by atoms with van der Waals surface area (Å²) in [5.74, 6) is 0.673. The first-order valence-corrected chi connectivity index (χ1v) is 6.29. The maximum Gasteiger partial charge on any atom is 0.101 e. The Bertz CT molecular complexity index is 447. The minimum atomic E-state index is 0.542. The molecular weight excluding hydrogens is 226 g/mol. The minimum Gasteiger partial charge on any atom is -0.398 e. The molecular formula is C14H19N3O. The van der Waals surface area contributed by atoms with Gasteiger partial charge >= 0.3 is 0 Å². The Kier molecular flexibility index (Phi) is 4.06. The topological polar surface area (TPSA) is 62.3 Å². The molecule has 2 rings (SSSR count). The minimum absolute atomic E-state index is 0.542. The number of nitrogens with two attached hydrogens (primary N) is 1. The fourth-order valence-corrected chi connectivity index (χ4v) is 2.30. The van der Waals surface area contributed by atoms with Crippen molar-refractivity contribution in [2.45, 2.75) is 12.8 Å². The smallest absolute Gasteiger partial charge is 0.101 e. The number of rotatable bonds is 3. The van der Waals surface area contributed by atoms with E-state index in [2.05, 4.69) is 18.0 Å². The zero-order chi connectivity index (χ0) is 13.0. The van der Waals surface area contributed by atoms with Crippen LogP contribution in [0.5, 0.6) is 0 Å². The Labute approximate surface area is 108 Å². The van der Waals surface area contributed by atoms with Gasteiger partial charge in [-0.15, -0.1) is 0 Å². The third-order valence-electron chi connectivity index (χ3n) is 3.47. The van der Waals surface area contributed by atoms with E-state index < -0.39 is 0 Å². The predicted octanol–water partition coefficient (Wildman–Crippen LogP) is 2.00. The summed E-state index contributed by atoms with van der Waals surface area (Å²) in [6, 6.07) is 7.75. The molecule has 1 aromatic carbocycles. The molecule has 96 valence electrons. The Morgan fingerprint density at radius 3 is 2.83 bits per heavy atom. The first-order valence-electron chi connectivity index (χ1n) is 6.29. The van der Waals surface area contributed by atoms with Gasteiger partial charge in [0, 0.05) is 38.2 Å². The van der Waals surface area contributed by atoms with Gasteiger partial charge in [-0.2, -0.15) is 5.26 Å². The quantitative estimate of drug-likeness (QED) is 0.827. The Hall–Kier alpha value is -1.73. The van der Waals surface area contributed by atoms with Gasteiger partial charge in [-0.05, 0) is 37.0 Å². The van der Waals surface area contributed by atoms with Crippen molar-refractivity contribution in [3.05, 3.63) is 23.8 Å². The average molecular weight is 245 g/mol. The number of hydrogen-bond donors (Lipinski definition) is 1. The summed E-state index contributed by atoms with van der Waals surface area (Å²) in [5.41, 5.74) is 7.87. The van der Waals surface area contributed by atoms with Gasteiger partial charge in [0.05, 0.1) is 5.56 Å². The molecule has 2 N–H and O–H groups in total. The van der Waals surface area contributed by atoms with Crippen LogP contribution in [0, 0.1) is 17.2 Å². The van der Waals surface area contributed by atoms with E-state index in [9.17, 15) is 0 Å². The molecule has 0 aromatic heterocycles. The van der Waals surface area contributed by atoms with Crippen molar-refractivity contribution in [2.24, 2.45) is 5.92 Å². The van der Waals surface area contributed by atoms with Crippen LogP contribution in [-0.2, 0) is 4.74 Å². The van der Waals surface area contributed by atoms with Crippen LogP contribution in [0.1, 0.15) is 18.4 Å². The second kappa shape index (κ2) is 5.74. The molecule has 4 nitrogen and oxygen atoms in total. The second-order valence-corrected chi connectivity index (χ2v) is 4.82. The van der Waals surface area contributed by atoms with Crippen LogP contribution in [0.2, 0.25) is 0 Å². The van der Waals surface area contributed by atoms with Gasteiger partial charge in [0.15, 0.2) is 0 Å². The van der Waals surface area contributed by atoms with Crippen LogP contribution in [0.25, 0.3) is 0 Å². The number of nitrogen functional groups attached to an aromatic ring is 1. The number of hydrogen-bond acceptors (Lipinski definition) is 4. The molecule has 0 bridgehead atoms. The van der Waals surface area contributed by atoms with Crippen molar-refractivity contribution in [3.8, 4) is 6.07 Å².